The van der Waals surface area contributed by atoms with Crippen molar-refractivity contribution in [2.24, 2.45) is 5.92 Å². The Bertz CT molecular complexity index is 276. The van der Waals surface area contributed by atoms with Crippen LogP contribution in [0.2, 0.25) is 0 Å². The first kappa shape index (κ1) is 12.8. The average Bonchev–Trinajstić information content (AvgIpc) is 2.65. The van der Waals surface area contributed by atoms with Crippen LogP contribution in [-0.2, 0) is 19.0 Å². The molecule has 0 aromatic carbocycles. The van der Waals surface area contributed by atoms with Crippen LogP contribution in [0.1, 0.15) is 46.5 Å². The van der Waals surface area contributed by atoms with Gasteiger partial charge in [-0.05, 0) is 33.6 Å². The molecule has 0 N–H and O–H groups in total. The summed E-state index contributed by atoms with van der Waals surface area (Å²) in [5.41, 5.74) is -0.396. The fraction of sp³-hybridized carbons (Fsp3) is 0.923. The third-order valence-corrected chi connectivity index (χ3v) is 3.30. The molecule has 4 nitrogen and oxygen atoms in total. The predicted molar refractivity (Wildman–Crippen MR) is 62.4 cm³/mol. The van der Waals surface area contributed by atoms with Crippen LogP contribution >= 0.6 is 0 Å². The molecule has 0 bridgehead atoms. The summed E-state index contributed by atoms with van der Waals surface area (Å²) < 4.78 is 16.7. The van der Waals surface area contributed by atoms with Gasteiger partial charge in [-0.1, -0.05) is 0 Å². The van der Waals surface area contributed by atoms with Crippen molar-refractivity contribution in [1.29, 1.82) is 0 Å². The Labute approximate surface area is 103 Å². The predicted octanol–water partition coefficient (Wildman–Crippen LogP) is 2.26. The topological polar surface area (TPSA) is 44.8 Å². The number of rotatable bonds is 1. The minimum Gasteiger partial charge on any atom is -0.460 e. The Morgan fingerprint density at radius 1 is 1.18 bits per heavy atom. The molecule has 0 atom stereocenters. The largest absolute Gasteiger partial charge is 0.460 e. The highest BCUT2D eigenvalue weighted by atomic mass is 16.7. The lowest BCUT2D eigenvalue weighted by Gasteiger charge is -2.35. The molecule has 4 heteroatoms. The van der Waals surface area contributed by atoms with Crippen LogP contribution in [0.25, 0.3) is 0 Å². The molecule has 17 heavy (non-hydrogen) atoms. The van der Waals surface area contributed by atoms with E-state index in [0.717, 1.165) is 25.7 Å². The summed E-state index contributed by atoms with van der Waals surface area (Å²) in [4.78, 5) is 11.9. The first-order valence-corrected chi connectivity index (χ1v) is 6.41. The van der Waals surface area contributed by atoms with Gasteiger partial charge in [0.2, 0.25) is 0 Å². The van der Waals surface area contributed by atoms with Crippen LogP contribution in [0.5, 0.6) is 0 Å². The van der Waals surface area contributed by atoms with Gasteiger partial charge in [0.15, 0.2) is 5.79 Å². The van der Waals surface area contributed by atoms with Crippen molar-refractivity contribution in [2.75, 3.05) is 13.2 Å². The van der Waals surface area contributed by atoms with Gasteiger partial charge in [0.05, 0.1) is 19.1 Å². The highest BCUT2D eigenvalue weighted by molar-refractivity contribution is 5.73. The van der Waals surface area contributed by atoms with Gasteiger partial charge in [0.25, 0.3) is 0 Å². The number of hydrogen-bond acceptors (Lipinski definition) is 4. The lowest BCUT2D eigenvalue weighted by atomic mass is 9.85. The van der Waals surface area contributed by atoms with Crippen molar-refractivity contribution >= 4 is 5.97 Å². The molecule has 2 aliphatic rings. The first-order chi connectivity index (χ1) is 7.90. The van der Waals surface area contributed by atoms with Crippen molar-refractivity contribution < 1.29 is 19.0 Å². The van der Waals surface area contributed by atoms with Gasteiger partial charge in [-0.25, -0.2) is 0 Å². The van der Waals surface area contributed by atoms with Gasteiger partial charge in [-0.3, -0.25) is 4.79 Å². The molecule has 2 fully saturated rings. The van der Waals surface area contributed by atoms with Crippen LogP contribution in [-0.4, -0.2) is 30.6 Å². The molecule has 1 aliphatic heterocycles. The Kier molecular flexibility index (Phi) is 3.46. The van der Waals surface area contributed by atoms with Crippen LogP contribution in [0, 0.1) is 5.92 Å². The summed E-state index contributed by atoms with van der Waals surface area (Å²) in [6.45, 7) is 7.06. The zero-order valence-electron chi connectivity index (χ0n) is 11.0. The molecule has 1 heterocycles. The quantitative estimate of drug-likeness (QED) is 0.662. The minimum absolute atomic E-state index is 0.00708. The summed E-state index contributed by atoms with van der Waals surface area (Å²) >= 11 is 0. The molecule has 1 aliphatic carbocycles. The van der Waals surface area contributed by atoms with E-state index < -0.39 is 11.4 Å². The molecule has 1 saturated carbocycles. The molecule has 1 saturated heterocycles. The van der Waals surface area contributed by atoms with Gasteiger partial charge >= 0.3 is 5.97 Å². The maximum atomic E-state index is 11.9. The van der Waals surface area contributed by atoms with Crippen molar-refractivity contribution in [1.82, 2.24) is 0 Å². The molecule has 98 valence electrons. The number of carbonyl (C=O) groups excluding carboxylic acids is 1. The normalized spacial score (nSPS) is 25.1. The maximum absolute atomic E-state index is 11.9. The smallest absolute Gasteiger partial charge is 0.309 e. The van der Waals surface area contributed by atoms with E-state index in [1.54, 1.807) is 0 Å². The summed E-state index contributed by atoms with van der Waals surface area (Å²) in [7, 11) is 0. The highest BCUT2D eigenvalue weighted by Crippen LogP contribution is 2.38. The lowest BCUT2D eigenvalue weighted by molar-refractivity contribution is -0.190. The van der Waals surface area contributed by atoms with Gasteiger partial charge < -0.3 is 14.2 Å². The van der Waals surface area contributed by atoms with Crippen molar-refractivity contribution in [2.45, 2.75) is 57.8 Å². The van der Waals surface area contributed by atoms with Crippen molar-refractivity contribution in [3.63, 3.8) is 0 Å². The first-order valence-electron chi connectivity index (χ1n) is 6.41. The summed E-state index contributed by atoms with van der Waals surface area (Å²) in [5.74, 6) is -0.462. The second-order valence-electron chi connectivity index (χ2n) is 5.92. The lowest BCUT2D eigenvalue weighted by Crippen LogP contribution is -2.38. The molecule has 0 amide bonds. The fourth-order valence-corrected chi connectivity index (χ4v) is 2.46. The van der Waals surface area contributed by atoms with Gasteiger partial charge in [0.1, 0.15) is 5.60 Å². The summed E-state index contributed by atoms with van der Waals surface area (Å²) in [6.07, 6.45) is 3.21. The monoisotopic (exact) mass is 242 g/mol. The second-order valence-corrected chi connectivity index (χ2v) is 5.92. The molecule has 0 unspecified atom stereocenters. The standard InChI is InChI=1S/C13H22O4/c1-12(2,3)17-11(14)10-4-6-13(7-5-10)15-8-9-16-13/h10H,4-9H2,1-3H3. The van der Waals surface area contributed by atoms with Gasteiger partial charge in [-0.15, -0.1) is 0 Å². The van der Waals surface area contributed by atoms with E-state index in [9.17, 15) is 4.79 Å². The van der Waals surface area contributed by atoms with Crippen molar-refractivity contribution in [3.8, 4) is 0 Å². The molecular weight excluding hydrogens is 220 g/mol. The number of esters is 1. The maximum Gasteiger partial charge on any atom is 0.309 e. The van der Waals surface area contributed by atoms with E-state index in [2.05, 4.69) is 0 Å². The van der Waals surface area contributed by atoms with E-state index in [1.165, 1.54) is 0 Å². The summed E-state index contributed by atoms with van der Waals surface area (Å²) in [5, 5.41) is 0. The Hall–Kier alpha value is -0.610. The van der Waals surface area contributed by atoms with Crippen LogP contribution in [0.4, 0.5) is 0 Å². The summed E-state index contributed by atoms with van der Waals surface area (Å²) in [6, 6.07) is 0. The minimum atomic E-state index is -0.396. The highest BCUT2D eigenvalue weighted by Gasteiger charge is 2.42. The Balaban J connectivity index is 1.84. The Morgan fingerprint density at radius 3 is 2.18 bits per heavy atom. The fourth-order valence-electron chi connectivity index (χ4n) is 2.46. The molecule has 2 rings (SSSR count). The van der Waals surface area contributed by atoms with Crippen LogP contribution in [0.15, 0.2) is 0 Å². The third-order valence-electron chi connectivity index (χ3n) is 3.30. The van der Waals surface area contributed by atoms with Gasteiger partial charge in [0, 0.05) is 12.8 Å². The molecule has 0 aromatic heterocycles. The number of carbonyl (C=O) groups is 1. The van der Waals surface area contributed by atoms with E-state index in [4.69, 9.17) is 14.2 Å². The zero-order chi connectivity index (χ0) is 12.5. The number of hydrogen-bond donors (Lipinski definition) is 0. The SMILES string of the molecule is CC(C)(C)OC(=O)C1CCC2(CC1)OCCO2. The third kappa shape index (κ3) is 3.19. The van der Waals surface area contributed by atoms with Crippen molar-refractivity contribution in [3.05, 3.63) is 0 Å². The Morgan fingerprint density at radius 2 is 1.71 bits per heavy atom. The van der Waals surface area contributed by atoms with E-state index in [1.807, 2.05) is 20.8 Å². The van der Waals surface area contributed by atoms with E-state index >= 15 is 0 Å². The van der Waals surface area contributed by atoms with Crippen LogP contribution < -0.4 is 0 Å². The number of ether oxygens (including phenoxy) is 3. The second kappa shape index (κ2) is 4.58. The molecular formula is C13H22O4. The molecule has 0 aromatic rings. The molecule has 0 radical (unpaired) electrons. The van der Waals surface area contributed by atoms with Crippen LogP contribution in [0.3, 0.4) is 0 Å². The van der Waals surface area contributed by atoms with E-state index in [0.29, 0.717) is 13.2 Å². The zero-order valence-corrected chi connectivity index (χ0v) is 11.0. The van der Waals surface area contributed by atoms with Gasteiger partial charge in [-0.2, -0.15) is 0 Å². The molecule has 1 spiro atoms. The average molecular weight is 242 g/mol. The van der Waals surface area contributed by atoms with E-state index in [-0.39, 0.29) is 11.9 Å².